The van der Waals surface area contributed by atoms with Crippen molar-refractivity contribution < 1.29 is 4.79 Å². The normalized spacial score (nSPS) is 20.4. The Balaban J connectivity index is 2.04. The van der Waals surface area contributed by atoms with Gasteiger partial charge in [-0.2, -0.15) is 0 Å². The second-order valence-electron chi connectivity index (χ2n) is 6.15. The molecule has 1 aliphatic heterocycles. The third-order valence-corrected chi connectivity index (χ3v) is 3.72. The van der Waals surface area contributed by atoms with Gasteiger partial charge in [0.2, 0.25) is 5.91 Å². The summed E-state index contributed by atoms with van der Waals surface area (Å²) in [7, 11) is 0. The molecule has 0 aliphatic carbocycles. The minimum atomic E-state index is -0.335. The highest BCUT2D eigenvalue weighted by atomic mass is 16.2. The van der Waals surface area contributed by atoms with Crippen molar-refractivity contribution in [2.75, 3.05) is 19.6 Å². The lowest BCUT2D eigenvalue weighted by atomic mass is 9.84. The second kappa shape index (κ2) is 5.74. The molecule has 1 amide bonds. The van der Waals surface area contributed by atoms with E-state index in [1.54, 1.807) is 0 Å². The zero-order chi connectivity index (χ0) is 13.9. The fraction of sp³-hybridized carbons (Fsp3) is 0.562. The third kappa shape index (κ3) is 3.57. The third-order valence-electron chi connectivity index (χ3n) is 3.72. The minimum absolute atomic E-state index is 0.268. The van der Waals surface area contributed by atoms with Crippen LogP contribution in [0.1, 0.15) is 26.3 Å². The second-order valence-corrected chi connectivity index (χ2v) is 6.15. The first-order chi connectivity index (χ1) is 8.99. The van der Waals surface area contributed by atoms with E-state index in [9.17, 15) is 4.79 Å². The summed E-state index contributed by atoms with van der Waals surface area (Å²) in [6.07, 6.45) is 0.797. The van der Waals surface area contributed by atoms with Gasteiger partial charge in [-0.15, -0.1) is 0 Å². The molecule has 1 aromatic carbocycles. The van der Waals surface area contributed by atoms with Crippen LogP contribution in [0.4, 0.5) is 0 Å². The van der Waals surface area contributed by atoms with Gasteiger partial charge in [0.25, 0.3) is 0 Å². The van der Waals surface area contributed by atoms with Crippen LogP contribution in [-0.4, -0.2) is 36.5 Å². The van der Waals surface area contributed by atoms with E-state index in [0.29, 0.717) is 6.04 Å². The maximum atomic E-state index is 12.7. The number of carbonyl (C=O) groups is 1. The Morgan fingerprint density at radius 2 is 2.05 bits per heavy atom. The van der Waals surface area contributed by atoms with Gasteiger partial charge in [-0.25, -0.2) is 0 Å². The summed E-state index contributed by atoms with van der Waals surface area (Å²) in [6, 6.07) is 10.7. The molecule has 19 heavy (non-hydrogen) atoms. The van der Waals surface area contributed by atoms with Gasteiger partial charge in [-0.05, 0) is 18.9 Å². The van der Waals surface area contributed by atoms with E-state index in [0.717, 1.165) is 26.1 Å². The van der Waals surface area contributed by atoms with Crippen molar-refractivity contribution >= 4 is 5.91 Å². The maximum Gasteiger partial charge on any atom is 0.228 e. The summed E-state index contributed by atoms with van der Waals surface area (Å²) in [5.41, 5.74) is 0.891. The molecule has 1 aliphatic rings. The van der Waals surface area contributed by atoms with Gasteiger partial charge in [0.05, 0.1) is 0 Å². The van der Waals surface area contributed by atoms with Crippen molar-refractivity contribution in [2.45, 2.75) is 33.2 Å². The van der Waals surface area contributed by atoms with Crippen LogP contribution in [-0.2, 0) is 11.2 Å². The molecule has 0 radical (unpaired) electrons. The van der Waals surface area contributed by atoms with Crippen LogP contribution in [0.25, 0.3) is 0 Å². The summed E-state index contributed by atoms with van der Waals surface area (Å²) >= 11 is 0. The number of hydrogen-bond acceptors (Lipinski definition) is 2. The van der Waals surface area contributed by atoms with Gasteiger partial charge in [0.15, 0.2) is 0 Å². The van der Waals surface area contributed by atoms with Crippen LogP contribution >= 0.6 is 0 Å². The van der Waals surface area contributed by atoms with Crippen LogP contribution in [0.3, 0.4) is 0 Å². The summed E-state index contributed by atoms with van der Waals surface area (Å²) < 4.78 is 0. The number of hydrogen-bond donors (Lipinski definition) is 1. The highest BCUT2D eigenvalue weighted by molar-refractivity contribution is 5.82. The van der Waals surface area contributed by atoms with Crippen molar-refractivity contribution in [3.8, 4) is 0 Å². The molecule has 1 atom stereocenters. The number of nitrogens with zero attached hydrogens (tertiary/aromatic N) is 1. The standard InChI is InChI=1S/C16H24N2O/c1-13-12-18(10-9-17-13)15(19)16(2,3)11-14-7-5-4-6-8-14/h4-8,13,17H,9-12H2,1-3H3. The van der Waals surface area contributed by atoms with Gasteiger partial charge >= 0.3 is 0 Å². The predicted molar refractivity (Wildman–Crippen MR) is 78.0 cm³/mol. The van der Waals surface area contributed by atoms with Crippen molar-refractivity contribution in [3.05, 3.63) is 35.9 Å². The molecule has 1 N–H and O–H groups in total. The predicted octanol–water partition coefficient (Wildman–Crippen LogP) is 2.08. The largest absolute Gasteiger partial charge is 0.339 e. The van der Waals surface area contributed by atoms with E-state index < -0.39 is 0 Å². The monoisotopic (exact) mass is 260 g/mol. The SMILES string of the molecule is CC1CN(C(=O)C(C)(C)Cc2ccccc2)CCN1. The number of rotatable bonds is 3. The average molecular weight is 260 g/mol. The zero-order valence-corrected chi connectivity index (χ0v) is 12.1. The Labute approximate surface area is 116 Å². The summed E-state index contributed by atoms with van der Waals surface area (Å²) in [6.45, 7) is 8.76. The molecular formula is C16H24N2O. The van der Waals surface area contributed by atoms with Crippen LogP contribution in [0, 0.1) is 5.41 Å². The Morgan fingerprint density at radius 1 is 1.37 bits per heavy atom. The van der Waals surface area contributed by atoms with E-state index >= 15 is 0 Å². The van der Waals surface area contributed by atoms with Gasteiger partial charge in [0, 0.05) is 31.1 Å². The quantitative estimate of drug-likeness (QED) is 0.902. The molecule has 3 heteroatoms. The molecule has 1 saturated heterocycles. The lowest BCUT2D eigenvalue weighted by molar-refractivity contribution is -0.141. The molecule has 0 spiro atoms. The van der Waals surface area contributed by atoms with Crippen LogP contribution in [0.15, 0.2) is 30.3 Å². The average Bonchev–Trinajstić information content (AvgIpc) is 2.38. The molecule has 0 bridgehead atoms. The Morgan fingerprint density at radius 3 is 2.68 bits per heavy atom. The lowest BCUT2D eigenvalue weighted by Crippen LogP contribution is -2.54. The number of benzene rings is 1. The van der Waals surface area contributed by atoms with Crippen molar-refractivity contribution in [1.82, 2.24) is 10.2 Å². The Bertz CT molecular complexity index is 428. The first-order valence-corrected chi connectivity index (χ1v) is 7.06. The minimum Gasteiger partial charge on any atom is -0.339 e. The first-order valence-electron chi connectivity index (χ1n) is 7.06. The molecular weight excluding hydrogens is 236 g/mol. The van der Waals surface area contributed by atoms with E-state index in [2.05, 4.69) is 38.2 Å². The summed E-state index contributed by atoms with van der Waals surface area (Å²) in [5.74, 6) is 0.268. The van der Waals surface area contributed by atoms with Crippen molar-refractivity contribution in [2.24, 2.45) is 5.41 Å². The van der Waals surface area contributed by atoms with Gasteiger partial charge in [-0.1, -0.05) is 44.2 Å². The van der Waals surface area contributed by atoms with Crippen LogP contribution in [0.2, 0.25) is 0 Å². The molecule has 3 nitrogen and oxygen atoms in total. The zero-order valence-electron chi connectivity index (χ0n) is 12.1. The summed E-state index contributed by atoms with van der Waals surface area (Å²) in [4.78, 5) is 14.7. The van der Waals surface area contributed by atoms with Crippen molar-refractivity contribution in [3.63, 3.8) is 0 Å². The van der Waals surface area contributed by atoms with E-state index in [1.807, 2.05) is 23.1 Å². The molecule has 104 valence electrons. The highest BCUT2D eigenvalue weighted by Crippen LogP contribution is 2.25. The highest BCUT2D eigenvalue weighted by Gasteiger charge is 2.33. The number of carbonyl (C=O) groups excluding carboxylic acids is 1. The molecule has 1 aromatic rings. The molecule has 1 fully saturated rings. The van der Waals surface area contributed by atoms with E-state index in [1.165, 1.54) is 5.56 Å². The Hall–Kier alpha value is -1.35. The Kier molecular flexibility index (Phi) is 4.25. The van der Waals surface area contributed by atoms with Gasteiger partial charge in [-0.3, -0.25) is 4.79 Å². The van der Waals surface area contributed by atoms with Crippen LogP contribution in [0.5, 0.6) is 0 Å². The number of amides is 1. The van der Waals surface area contributed by atoms with Crippen LogP contribution < -0.4 is 5.32 Å². The molecule has 1 unspecified atom stereocenters. The maximum absolute atomic E-state index is 12.7. The number of piperazine rings is 1. The van der Waals surface area contributed by atoms with E-state index in [-0.39, 0.29) is 11.3 Å². The fourth-order valence-corrected chi connectivity index (χ4v) is 2.73. The fourth-order valence-electron chi connectivity index (χ4n) is 2.73. The molecule has 0 aromatic heterocycles. The lowest BCUT2D eigenvalue weighted by Gasteiger charge is -2.37. The molecule has 0 saturated carbocycles. The summed E-state index contributed by atoms with van der Waals surface area (Å²) in [5, 5.41) is 3.37. The van der Waals surface area contributed by atoms with Crippen molar-refractivity contribution in [1.29, 1.82) is 0 Å². The smallest absolute Gasteiger partial charge is 0.228 e. The molecule has 1 heterocycles. The number of nitrogens with one attached hydrogen (secondary N) is 1. The first kappa shape index (κ1) is 14.1. The molecule has 2 rings (SSSR count). The van der Waals surface area contributed by atoms with E-state index in [4.69, 9.17) is 0 Å². The van der Waals surface area contributed by atoms with Gasteiger partial charge in [0.1, 0.15) is 0 Å². The van der Waals surface area contributed by atoms with Gasteiger partial charge < -0.3 is 10.2 Å². The topological polar surface area (TPSA) is 32.3 Å².